The van der Waals surface area contributed by atoms with Crippen LogP contribution in [0.4, 0.5) is 4.39 Å². The van der Waals surface area contributed by atoms with Crippen LogP contribution in [0.3, 0.4) is 0 Å². The van der Waals surface area contributed by atoms with Crippen molar-refractivity contribution in [2.24, 2.45) is 5.10 Å². The Hall–Kier alpha value is -2.27. The minimum absolute atomic E-state index is 0.0474. The van der Waals surface area contributed by atoms with Gasteiger partial charge in [-0.05, 0) is 36.4 Å². The molecule has 0 saturated carbocycles. The summed E-state index contributed by atoms with van der Waals surface area (Å²) in [7, 11) is -3.71. The van der Waals surface area contributed by atoms with Gasteiger partial charge in [0.25, 0.3) is 5.91 Å². The smallest absolute Gasteiger partial charge is 0.271 e. The van der Waals surface area contributed by atoms with Crippen LogP contribution in [0.1, 0.15) is 22.3 Å². The summed E-state index contributed by atoms with van der Waals surface area (Å²) >= 11 is 1.61. The predicted molar refractivity (Wildman–Crippen MR) is 112 cm³/mol. The highest BCUT2D eigenvalue weighted by molar-refractivity contribution is 7.99. The Bertz CT molecular complexity index is 1100. The van der Waals surface area contributed by atoms with Gasteiger partial charge in [0.1, 0.15) is 5.82 Å². The quantitative estimate of drug-likeness (QED) is 0.725. The molecule has 2 aliphatic rings. The van der Waals surface area contributed by atoms with Crippen molar-refractivity contribution in [3.8, 4) is 0 Å². The molecule has 7 nitrogen and oxygen atoms in total. The summed E-state index contributed by atoms with van der Waals surface area (Å²) < 4.78 is 45.8. The first kappa shape index (κ1) is 21.0. The average Bonchev–Trinajstić information content (AvgIpc) is 2.78. The molecule has 2 heterocycles. The van der Waals surface area contributed by atoms with E-state index in [1.165, 1.54) is 40.7 Å². The molecule has 0 unspecified atom stereocenters. The highest BCUT2D eigenvalue weighted by atomic mass is 32.2. The fraction of sp³-hybridized carbons (Fsp3) is 0.300. The number of nitrogens with one attached hydrogen (secondary N) is 1. The molecule has 1 fully saturated rings. The van der Waals surface area contributed by atoms with Crippen LogP contribution in [0, 0.1) is 5.82 Å². The van der Waals surface area contributed by atoms with Gasteiger partial charge < -0.3 is 4.74 Å². The first-order chi connectivity index (χ1) is 14.4. The lowest BCUT2D eigenvalue weighted by Crippen LogP contribution is -2.40. The number of carbonyl (C=O) groups is 1. The van der Waals surface area contributed by atoms with E-state index in [0.717, 1.165) is 10.6 Å². The largest absolute Gasteiger partial charge is 0.379 e. The van der Waals surface area contributed by atoms with E-state index in [1.807, 2.05) is 0 Å². The maximum Gasteiger partial charge on any atom is 0.271 e. The maximum absolute atomic E-state index is 13.6. The SMILES string of the molecule is O=C(NN=C1CCSc2ccc(F)cc21)c1cccc(S(=O)(=O)N2CCOCC2)c1. The number of thioether (sulfide) groups is 1. The summed E-state index contributed by atoms with van der Waals surface area (Å²) in [5.74, 6) is -0.116. The number of sulfonamides is 1. The molecule has 2 aromatic carbocycles. The molecule has 2 aliphatic heterocycles. The number of benzene rings is 2. The van der Waals surface area contributed by atoms with Crippen LogP contribution < -0.4 is 5.43 Å². The zero-order valence-electron chi connectivity index (χ0n) is 16.0. The Balaban J connectivity index is 1.53. The third-order valence-corrected chi connectivity index (χ3v) is 7.82. The molecule has 0 aliphatic carbocycles. The summed E-state index contributed by atoms with van der Waals surface area (Å²) in [6, 6.07) is 10.4. The van der Waals surface area contributed by atoms with E-state index >= 15 is 0 Å². The highest BCUT2D eigenvalue weighted by Crippen LogP contribution is 2.30. The topological polar surface area (TPSA) is 88.1 Å². The average molecular weight is 450 g/mol. The number of morpholine rings is 1. The van der Waals surface area contributed by atoms with E-state index in [2.05, 4.69) is 10.5 Å². The van der Waals surface area contributed by atoms with Gasteiger partial charge in [0.2, 0.25) is 10.0 Å². The lowest BCUT2D eigenvalue weighted by Gasteiger charge is -2.26. The number of ether oxygens (including phenoxy) is 1. The Morgan fingerprint density at radius 2 is 1.97 bits per heavy atom. The molecule has 10 heteroatoms. The monoisotopic (exact) mass is 449 g/mol. The van der Waals surface area contributed by atoms with E-state index in [0.29, 0.717) is 30.9 Å². The number of rotatable bonds is 4. The molecule has 30 heavy (non-hydrogen) atoms. The van der Waals surface area contributed by atoms with Gasteiger partial charge in [-0.3, -0.25) is 4.79 Å². The summed E-state index contributed by atoms with van der Waals surface area (Å²) in [6.07, 6.45) is 0.590. The second-order valence-corrected chi connectivity index (χ2v) is 9.86. The molecular formula is C20H20FN3O4S2. The number of amides is 1. The fourth-order valence-corrected chi connectivity index (χ4v) is 5.74. The molecule has 1 amide bonds. The van der Waals surface area contributed by atoms with Crippen LogP contribution >= 0.6 is 11.8 Å². The third-order valence-electron chi connectivity index (χ3n) is 4.85. The van der Waals surface area contributed by atoms with Crippen LogP contribution in [0.15, 0.2) is 57.4 Å². The minimum Gasteiger partial charge on any atom is -0.379 e. The normalized spacial score (nSPS) is 18.8. The molecule has 0 atom stereocenters. The second kappa shape index (κ2) is 8.84. The van der Waals surface area contributed by atoms with Crippen LogP contribution in [0.2, 0.25) is 0 Å². The van der Waals surface area contributed by atoms with E-state index in [-0.39, 0.29) is 29.4 Å². The van der Waals surface area contributed by atoms with Crippen LogP contribution in [0.25, 0.3) is 0 Å². The number of hydrazone groups is 1. The van der Waals surface area contributed by atoms with Gasteiger partial charge in [0.05, 0.1) is 23.8 Å². The van der Waals surface area contributed by atoms with Gasteiger partial charge in [-0.1, -0.05) is 6.07 Å². The second-order valence-electron chi connectivity index (χ2n) is 6.78. The molecule has 4 rings (SSSR count). The van der Waals surface area contributed by atoms with Crippen molar-refractivity contribution >= 4 is 33.4 Å². The molecule has 0 aromatic heterocycles. The molecule has 0 radical (unpaired) electrons. The van der Waals surface area contributed by atoms with E-state index < -0.39 is 15.9 Å². The first-order valence-electron chi connectivity index (χ1n) is 9.43. The number of hydrogen-bond acceptors (Lipinski definition) is 6. The van der Waals surface area contributed by atoms with Gasteiger partial charge in [-0.25, -0.2) is 18.2 Å². The zero-order chi connectivity index (χ0) is 21.1. The molecule has 158 valence electrons. The van der Waals surface area contributed by atoms with Gasteiger partial charge >= 0.3 is 0 Å². The van der Waals surface area contributed by atoms with Gasteiger partial charge in [0.15, 0.2) is 0 Å². The van der Waals surface area contributed by atoms with Crippen molar-refractivity contribution in [1.29, 1.82) is 0 Å². The fourth-order valence-electron chi connectivity index (χ4n) is 3.28. The van der Waals surface area contributed by atoms with Crippen molar-refractivity contribution in [3.05, 3.63) is 59.4 Å². The molecule has 1 N–H and O–H groups in total. The molecule has 0 spiro atoms. The molecule has 2 aromatic rings. The van der Waals surface area contributed by atoms with E-state index in [1.54, 1.807) is 17.8 Å². The molecule has 0 bridgehead atoms. The minimum atomic E-state index is -3.71. The highest BCUT2D eigenvalue weighted by Gasteiger charge is 2.27. The lowest BCUT2D eigenvalue weighted by molar-refractivity contribution is 0.0730. The Morgan fingerprint density at radius 1 is 1.17 bits per heavy atom. The molecule has 1 saturated heterocycles. The number of carbonyl (C=O) groups excluding carboxylic acids is 1. The van der Waals surface area contributed by atoms with Crippen LogP contribution in [0.5, 0.6) is 0 Å². The first-order valence-corrected chi connectivity index (χ1v) is 11.9. The van der Waals surface area contributed by atoms with Crippen molar-refractivity contribution in [2.45, 2.75) is 16.2 Å². The van der Waals surface area contributed by atoms with Crippen molar-refractivity contribution < 1.29 is 22.3 Å². The standard InChI is InChI=1S/C20H20FN3O4S2/c21-15-4-5-19-17(13-15)18(6-11-29-19)22-23-20(25)14-2-1-3-16(12-14)30(26,27)24-7-9-28-10-8-24/h1-5,12-13H,6-11H2,(H,23,25). The van der Waals surface area contributed by atoms with E-state index in [4.69, 9.17) is 4.74 Å². The summed E-state index contributed by atoms with van der Waals surface area (Å²) in [5.41, 5.74) is 3.91. The van der Waals surface area contributed by atoms with Crippen molar-refractivity contribution in [3.63, 3.8) is 0 Å². The third kappa shape index (κ3) is 4.41. The summed E-state index contributed by atoms with van der Waals surface area (Å²) in [4.78, 5) is 13.6. The summed E-state index contributed by atoms with van der Waals surface area (Å²) in [5, 5.41) is 4.18. The number of nitrogens with zero attached hydrogens (tertiary/aromatic N) is 2. The lowest BCUT2D eigenvalue weighted by atomic mass is 10.1. The maximum atomic E-state index is 13.6. The van der Waals surface area contributed by atoms with Gasteiger partial charge in [-0.15, -0.1) is 11.8 Å². The molecular weight excluding hydrogens is 429 g/mol. The Labute approximate surface area is 178 Å². The van der Waals surface area contributed by atoms with Gasteiger partial charge in [-0.2, -0.15) is 9.41 Å². The van der Waals surface area contributed by atoms with Gasteiger partial charge in [0, 0.05) is 41.3 Å². The Morgan fingerprint density at radius 3 is 2.77 bits per heavy atom. The van der Waals surface area contributed by atoms with E-state index in [9.17, 15) is 17.6 Å². The summed E-state index contributed by atoms with van der Waals surface area (Å²) in [6.45, 7) is 1.25. The number of halogens is 1. The van der Waals surface area contributed by atoms with Crippen molar-refractivity contribution in [2.75, 3.05) is 32.1 Å². The van der Waals surface area contributed by atoms with Crippen LogP contribution in [-0.2, 0) is 14.8 Å². The predicted octanol–water partition coefficient (Wildman–Crippen LogP) is 2.48. The number of fused-ring (bicyclic) bond motifs is 1. The zero-order valence-corrected chi connectivity index (χ0v) is 17.6. The Kier molecular flexibility index (Phi) is 6.19. The number of hydrogen-bond donors (Lipinski definition) is 1. The van der Waals surface area contributed by atoms with Crippen molar-refractivity contribution in [1.82, 2.24) is 9.73 Å². The van der Waals surface area contributed by atoms with Crippen LogP contribution in [-0.4, -0.2) is 56.4 Å².